The number of nitrogens with two attached hydrogens (primary N) is 1. The maximum Gasteiger partial charge on any atom is 0.0705 e. The van der Waals surface area contributed by atoms with E-state index in [4.69, 9.17) is 10.7 Å². The van der Waals surface area contributed by atoms with E-state index in [-0.39, 0.29) is 6.04 Å². The van der Waals surface area contributed by atoms with Gasteiger partial charge in [0.25, 0.3) is 0 Å². The molecule has 1 fully saturated rings. The third-order valence-electron chi connectivity index (χ3n) is 4.11. The van der Waals surface area contributed by atoms with Gasteiger partial charge in [0.05, 0.1) is 5.52 Å². The number of pyridine rings is 1. The van der Waals surface area contributed by atoms with Gasteiger partial charge in [0.15, 0.2) is 0 Å². The SMILES string of the molecule is NC(Cc1ccc2ccccc2n1)C1CCCC1. The van der Waals surface area contributed by atoms with E-state index >= 15 is 0 Å². The smallest absolute Gasteiger partial charge is 0.0705 e. The van der Waals surface area contributed by atoms with Crippen LogP contribution in [0.3, 0.4) is 0 Å². The molecule has 3 rings (SSSR count). The Labute approximate surface area is 108 Å². The van der Waals surface area contributed by atoms with E-state index in [0.29, 0.717) is 5.92 Å². The molecule has 1 unspecified atom stereocenters. The molecule has 0 saturated heterocycles. The average molecular weight is 240 g/mol. The van der Waals surface area contributed by atoms with Crippen molar-refractivity contribution in [1.29, 1.82) is 0 Å². The van der Waals surface area contributed by atoms with Crippen LogP contribution in [-0.4, -0.2) is 11.0 Å². The fourth-order valence-corrected chi connectivity index (χ4v) is 3.02. The minimum atomic E-state index is 0.279. The Hall–Kier alpha value is -1.41. The zero-order valence-corrected chi connectivity index (χ0v) is 10.7. The first-order valence-corrected chi connectivity index (χ1v) is 6.93. The number of hydrogen-bond donors (Lipinski definition) is 1. The molecule has 94 valence electrons. The molecule has 18 heavy (non-hydrogen) atoms. The minimum absolute atomic E-state index is 0.279. The number of hydrogen-bond acceptors (Lipinski definition) is 2. The molecule has 0 bridgehead atoms. The lowest BCUT2D eigenvalue weighted by Crippen LogP contribution is -2.30. The second-order valence-electron chi connectivity index (χ2n) is 5.41. The summed E-state index contributed by atoms with van der Waals surface area (Å²) in [6.07, 6.45) is 6.21. The van der Waals surface area contributed by atoms with E-state index in [2.05, 4.69) is 24.3 Å². The maximum atomic E-state index is 6.32. The van der Waals surface area contributed by atoms with Crippen molar-refractivity contribution in [3.63, 3.8) is 0 Å². The van der Waals surface area contributed by atoms with Crippen molar-refractivity contribution < 1.29 is 0 Å². The summed E-state index contributed by atoms with van der Waals surface area (Å²) in [4.78, 5) is 4.71. The number of nitrogens with zero attached hydrogens (tertiary/aromatic N) is 1. The van der Waals surface area contributed by atoms with Gasteiger partial charge in [0.1, 0.15) is 0 Å². The van der Waals surface area contributed by atoms with Crippen LogP contribution in [0.25, 0.3) is 10.9 Å². The average Bonchev–Trinajstić information content (AvgIpc) is 2.92. The van der Waals surface area contributed by atoms with E-state index in [1.165, 1.54) is 31.1 Å². The summed E-state index contributed by atoms with van der Waals surface area (Å²) in [6, 6.07) is 12.8. The fraction of sp³-hybridized carbons (Fsp3) is 0.438. The van der Waals surface area contributed by atoms with Crippen LogP contribution in [0, 0.1) is 5.92 Å². The van der Waals surface area contributed by atoms with Gasteiger partial charge in [0, 0.05) is 23.5 Å². The molecular weight excluding hydrogens is 220 g/mol. The first-order valence-electron chi connectivity index (χ1n) is 6.93. The summed E-state index contributed by atoms with van der Waals surface area (Å²) < 4.78 is 0. The van der Waals surface area contributed by atoms with Crippen LogP contribution in [0.4, 0.5) is 0 Å². The van der Waals surface area contributed by atoms with Gasteiger partial charge in [-0.1, -0.05) is 37.1 Å². The first kappa shape index (κ1) is 11.7. The third-order valence-corrected chi connectivity index (χ3v) is 4.11. The molecule has 2 nitrogen and oxygen atoms in total. The van der Waals surface area contributed by atoms with Gasteiger partial charge in [-0.05, 0) is 30.9 Å². The molecule has 2 aromatic rings. The van der Waals surface area contributed by atoms with Crippen LogP contribution in [-0.2, 0) is 6.42 Å². The Balaban J connectivity index is 1.77. The largest absolute Gasteiger partial charge is 0.327 e. The lowest BCUT2D eigenvalue weighted by Gasteiger charge is -2.18. The Morgan fingerprint density at radius 2 is 1.89 bits per heavy atom. The molecule has 1 aromatic carbocycles. The molecule has 1 aliphatic carbocycles. The highest BCUT2D eigenvalue weighted by molar-refractivity contribution is 5.78. The summed E-state index contributed by atoms with van der Waals surface area (Å²) in [6.45, 7) is 0. The summed E-state index contributed by atoms with van der Waals surface area (Å²) in [5.41, 5.74) is 8.52. The van der Waals surface area contributed by atoms with E-state index in [1.54, 1.807) is 0 Å². The summed E-state index contributed by atoms with van der Waals surface area (Å²) in [7, 11) is 0. The van der Waals surface area contributed by atoms with Crippen LogP contribution in [0.1, 0.15) is 31.4 Å². The quantitative estimate of drug-likeness (QED) is 0.894. The van der Waals surface area contributed by atoms with Crippen molar-refractivity contribution in [1.82, 2.24) is 4.98 Å². The van der Waals surface area contributed by atoms with Crippen molar-refractivity contribution in [2.24, 2.45) is 11.7 Å². The van der Waals surface area contributed by atoms with E-state index < -0.39 is 0 Å². The number of benzene rings is 1. The Kier molecular flexibility index (Phi) is 3.28. The van der Waals surface area contributed by atoms with Gasteiger partial charge in [-0.25, -0.2) is 0 Å². The maximum absolute atomic E-state index is 6.32. The molecule has 2 N–H and O–H groups in total. The van der Waals surface area contributed by atoms with Crippen LogP contribution in [0.15, 0.2) is 36.4 Å². The number of para-hydroxylation sites is 1. The molecule has 2 heteroatoms. The third kappa shape index (κ3) is 2.39. The highest BCUT2D eigenvalue weighted by Gasteiger charge is 2.22. The van der Waals surface area contributed by atoms with E-state index in [1.807, 2.05) is 12.1 Å². The van der Waals surface area contributed by atoms with Crippen LogP contribution < -0.4 is 5.73 Å². The highest BCUT2D eigenvalue weighted by atomic mass is 14.7. The minimum Gasteiger partial charge on any atom is -0.327 e. The molecule has 1 aromatic heterocycles. The van der Waals surface area contributed by atoms with Crippen molar-refractivity contribution in [3.8, 4) is 0 Å². The van der Waals surface area contributed by atoms with E-state index in [0.717, 1.165) is 17.6 Å². The monoisotopic (exact) mass is 240 g/mol. The molecule has 1 aliphatic rings. The van der Waals surface area contributed by atoms with Crippen LogP contribution in [0.2, 0.25) is 0 Å². The van der Waals surface area contributed by atoms with Gasteiger partial charge >= 0.3 is 0 Å². The molecule has 1 saturated carbocycles. The topological polar surface area (TPSA) is 38.9 Å². The van der Waals surface area contributed by atoms with Crippen molar-refractivity contribution in [2.45, 2.75) is 38.1 Å². The van der Waals surface area contributed by atoms with Gasteiger partial charge < -0.3 is 5.73 Å². The lowest BCUT2D eigenvalue weighted by atomic mass is 9.95. The molecule has 0 amide bonds. The zero-order chi connectivity index (χ0) is 12.4. The predicted molar refractivity (Wildman–Crippen MR) is 75.4 cm³/mol. The fourth-order valence-electron chi connectivity index (χ4n) is 3.02. The van der Waals surface area contributed by atoms with Crippen molar-refractivity contribution >= 4 is 10.9 Å². The molecular formula is C16H20N2. The summed E-state index contributed by atoms with van der Waals surface area (Å²) >= 11 is 0. The van der Waals surface area contributed by atoms with Crippen LogP contribution >= 0.6 is 0 Å². The Bertz CT molecular complexity index is 529. The number of rotatable bonds is 3. The first-order chi connectivity index (χ1) is 8.83. The second kappa shape index (κ2) is 5.07. The molecule has 0 radical (unpaired) electrons. The van der Waals surface area contributed by atoms with Crippen LogP contribution in [0.5, 0.6) is 0 Å². The molecule has 1 atom stereocenters. The van der Waals surface area contributed by atoms with Crippen molar-refractivity contribution in [3.05, 3.63) is 42.1 Å². The summed E-state index contributed by atoms with van der Waals surface area (Å²) in [5.74, 6) is 0.707. The van der Waals surface area contributed by atoms with Crippen molar-refractivity contribution in [2.75, 3.05) is 0 Å². The second-order valence-corrected chi connectivity index (χ2v) is 5.41. The summed E-state index contributed by atoms with van der Waals surface area (Å²) in [5, 5.41) is 1.20. The van der Waals surface area contributed by atoms with Gasteiger partial charge in [0.2, 0.25) is 0 Å². The standard InChI is InChI=1S/C16H20N2/c17-15(12-5-1-2-6-12)11-14-10-9-13-7-3-4-8-16(13)18-14/h3-4,7-10,12,15H,1-2,5-6,11,17H2. The van der Waals surface area contributed by atoms with Gasteiger partial charge in [-0.15, -0.1) is 0 Å². The Morgan fingerprint density at radius 1 is 1.11 bits per heavy atom. The number of fused-ring (bicyclic) bond motifs is 1. The molecule has 0 spiro atoms. The van der Waals surface area contributed by atoms with Gasteiger partial charge in [-0.3, -0.25) is 4.98 Å². The van der Waals surface area contributed by atoms with Gasteiger partial charge in [-0.2, -0.15) is 0 Å². The normalized spacial score (nSPS) is 18.3. The number of aromatic nitrogens is 1. The zero-order valence-electron chi connectivity index (χ0n) is 10.7. The van der Waals surface area contributed by atoms with E-state index in [9.17, 15) is 0 Å². The molecule has 1 heterocycles. The Morgan fingerprint density at radius 3 is 2.72 bits per heavy atom. The lowest BCUT2D eigenvalue weighted by molar-refractivity contribution is 0.427. The highest BCUT2D eigenvalue weighted by Crippen LogP contribution is 2.28. The predicted octanol–water partition coefficient (Wildman–Crippen LogP) is 3.29. The molecule has 0 aliphatic heterocycles.